The predicted molar refractivity (Wildman–Crippen MR) is 142 cm³/mol. The molecule has 0 aliphatic carbocycles. The van der Waals surface area contributed by atoms with Crippen molar-refractivity contribution in [2.45, 2.75) is 44.5 Å². The van der Waals surface area contributed by atoms with Crippen molar-refractivity contribution in [2.24, 2.45) is 5.92 Å². The molecule has 1 aromatic carbocycles. The number of rotatable bonds is 9. The van der Waals surface area contributed by atoms with Gasteiger partial charge in [-0.3, -0.25) is 4.79 Å². The molecule has 0 spiro atoms. The Labute approximate surface area is 216 Å². The molecule has 36 heavy (non-hydrogen) atoms. The second-order valence-corrected chi connectivity index (χ2v) is 10.6. The van der Waals surface area contributed by atoms with Crippen LogP contribution in [0.4, 0.5) is 15.9 Å². The Morgan fingerprint density at radius 1 is 1.06 bits per heavy atom. The zero-order valence-corrected chi connectivity index (χ0v) is 22.1. The van der Waals surface area contributed by atoms with Gasteiger partial charge in [-0.15, -0.1) is 0 Å². The van der Waals surface area contributed by atoms with Crippen molar-refractivity contribution >= 4 is 29.2 Å². The maximum atomic E-state index is 14.2. The van der Waals surface area contributed by atoms with Crippen molar-refractivity contribution in [1.29, 1.82) is 0 Å². The molecular formula is C27H34FN5O2S. The van der Waals surface area contributed by atoms with Gasteiger partial charge in [0.05, 0.1) is 11.4 Å². The number of aromatic nitrogens is 2. The van der Waals surface area contributed by atoms with Crippen LogP contribution >= 0.6 is 11.8 Å². The average Bonchev–Trinajstić information content (AvgIpc) is 3.35. The molecule has 2 aromatic heterocycles. The molecule has 0 unspecified atom stereocenters. The Bertz CT molecular complexity index is 1170. The number of thioether (sulfide) groups is 1. The summed E-state index contributed by atoms with van der Waals surface area (Å²) in [5.74, 6) is 2.68. The lowest BCUT2D eigenvalue weighted by Gasteiger charge is -2.37. The molecule has 1 saturated heterocycles. The smallest absolute Gasteiger partial charge is 0.287 e. The molecule has 1 fully saturated rings. The highest BCUT2D eigenvalue weighted by Gasteiger charge is 2.22. The topological polar surface area (TPSA) is 74.5 Å². The van der Waals surface area contributed by atoms with E-state index in [1.165, 1.54) is 17.8 Å². The third kappa shape index (κ3) is 6.57. The Morgan fingerprint density at radius 3 is 2.47 bits per heavy atom. The summed E-state index contributed by atoms with van der Waals surface area (Å²) < 4.78 is 20.0. The molecule has 9 heteroatoms. The molecule has 0 atom stereocenters. The van der Waals surface area contributed by atoms with E-state index in [1.807, 2.05) is 32.0 Å². The molecule has 0 saturated carbocycles. The van der Waals surface area contributed by atoms with Gasteiger partial charge in [0.25, 0.3) is 5.91 Å². The normalized spacial score (nSPS) is 14.1. The summed E-state index contributed by atoms with van der Waals surface area (Å²) in [5.41, 5.74) is 1.63. The maximum absolute atomic E-state index is 14.2. The first kappa shape index (κ1) is 26.0. The minimum atomic E-state index is -0.199. The Morgan fingerprint density at radius 2 is 1.78 bits per heavy atom. The number of nitrogens with zero attached hydrogens (tertiary/aromatic N) is 4. The molecule has 192 valence electrons. The number of furan rings is 1. The Kier molecular flexibility index (Phi) is 8.51. The van der Waals surface area contributed by atoms with Gasteiger partial charge in [-0.2, -0.15) is 0 Å². The van der Waals surface area contributed by atoms with Crippen LogP contribution < -0.4 is 15.1 Å². The van der Waals surface area contributed by atoms with E-state index in [0.29, 0.717) is 40.6 Å². The fraction of sp³-hybridized carbons (Fsp3) is 0.444. The molecule has 3 heterocycles. The molecule has 3 aromatic rings. The number of hydrogen-bond donors (Lipinski definition) is 1. The van der Waals surface area contributed by atoms with Crippen molar-refractivity contribution in [3.63, 3.8) is 0 Å². The lowest BCUT2D eigenvalue weighted by molar-refractivity contribution is 0.0920. The first-order valence-corrected chi connectivity index (χ1v) is 13.4. The summed E-state index contributed by atoms with van der Waals surface area (Å²) in [6.07, 6.45) is 0. The highest BCUT2D eigenvalue weighted by atomic mass is 32.2. The van der Waals surface area contributed by atoms with Crippen LogP contribution in [0.3, 0.4) is 0 Å². The number of halogens is 1. The molecule has 1 aliphatic rings. The van der Waals surface area contributed by atoms with Crippen LogP contribution in [-0.4, -0.2) is 48.6 Å². The van der Waals surface area contributed by atoms with Gasteiger partial charge in [-0.1, -0.05) is 51.6 Å². The predicted octanol–water partition coefficient (Wildman–Crippen LogP) is 5.34. The van der Waals surface area contributed by atoms with E-state index in [-0.39, 0.29) is 17.6 Å². The Hall–Kier alpha value is -3.07. The summed E-state index contributed by atoms with van der Waals surface area (Å²) in [4.78, 5) is 26.1. The van der Waals surface area contributed by atoms with Gasteiger partial charge in [0.2, 0.25) is 0 Å². The SMILES string of the molecule is CC(C)CNC(=O)c1ccc(CSc2nc(C(C)C)cc(N3CCN(c4ccccc4F)CC3)n2)o1. The summed E-state index contributed by atoms with van der Waals surface area (Å²) in [5, 5.41) is 3.55. The van der Waals surface area contributed by atoms with E-state index < -0.39 is 0 Å². The van der Waals surface area contributed by atoms with Crippen molar-refractivity contribution in [3.05, 3.63) is 65.5 Å². The van der Waals surface area contributed by atoms with Crippen LogP contribution in [0.2, 0.25) is 0 Å². The van der Waals surface area contributed by atoms with Gasteiger partial charge in [-0.25, -0.2) is 14.4 Å². The highest BCUT2D eigenvalue weighted by Crippen LogP contribution is 2.28. The van der Waals surface area contributed by atoms with Crippen LogP contribution in [0.1, 0.15) is 55.6 Å². The number of nitrogens with one attached hydrogen (secondary N) is 1. The second-order valence-electron chi connectivity index (χ2n) is 9.67. The van der Waals surface area contributed by atoms with Crippen LogP contribution in [0.25, 0.3) is 0 Å². The Balaban J connectivity index is 1.41. The van der Waals surface area contributed by atoms with Crippen LogP contribution in [-0.2, 0) is 5.75 Å². The summed E-state index contributed by atoms with van der Waals surface area (Å²) in [6, 6.07) is 12.5. The van der Waals surface area contributed by atoms with Gasteiger partial charge in [-0.05, 0) is 36.1 Å². The number of carbonyl (C=O) groups is 1. The van der Waals surface area contributed by atoms with Crippen molar-refractivity contribution in [1.82, 2.24) is 15.3 Å². The van der Waals surface area contributed by atoms with E-state index in [2.05, 4.69) is 35.0 Å². The quantitative estimate of drug-likeness (QED) is 0.307. The molecule has 0 radical (unpaired) electrons. The third-order valence-electron chi connectivity index (χ3n) is 6.00. The van der Waals surface area contributed by atoms with Crippen molar-refractivity contribution in [3.8, 4) is 0 Å². The minimum absolute atomic E-state index is 0.188. The van der Waals surface area contributed by atoms with Crippen molar-refractivity contribution in [2.75, 3.05) is 42.5 Å². The van der Waals surface area contributed by atoms with Gasteiger partial charge < -0.3 is 19.5 Å². The lowest BCUT2D eigenvalue weighted by atomic mass is 10.1. The zero-order valence-electron chi connectivity index (χ0n) is 21.3. The van der Waals surface area contributed by atoms with Crippen molar-refractivity contribution < 1.29 is 13.6 Å². The third-order valence-corrected chi connectivity index (χ3v) is 6.87. The van der Waals surface area contributed by atoms with E-state index in [0.717, 1.165) is 37.7 Å². The molecule has 7 nitrogen and oxygen atoms in total. The number of para-hydroxylation sites is 1. The average molecular weight is 512 g/mol. The lowest BCUT2D eigenvalue weighted by Crippen LogP contribution is -2.47. The molecule has 4 rings (SSSR count). The van der Waals surface area contributed by atoms with Gasteiger partial charge in [0, 0.05) is 44.5 Å². The minimum Gasteiger partial charge on any atom is -0.455 e. The van der Waals surface area contributed by atoms with E-state index in [1.54, 1.807) is 12.1 Å². The number of anilines is 2. The van der Waals surface area contributed by atoms with Crippen LogP contribution in [0.5, 0.6) is 0 Å². The first-order valence-electron chi connectivity index (χ1n) is 12.4. The number of piperazine rings is 1. The van der Waals surface area contributed by atoms with Gasteiger partial charge in [0.15, 0.2) is 10.9 Å². The largest absolute Gasteiger partial charge is 0.455 e. The van der Waals surface area contributed by atoms with E-state index >= 15 is 0 Å². The maximum Gasteiger partial charge on any atom is 0.287 e. The monoisotopic (exact) mass is 511 g/mol. The summed E-state index contributed by atoms with van der Waals surface area (Å²) in [7, 11) is 0. The molecule has 1 N–H and O–H groups in total. The van der Waals surface area contributed by atoms with Gasteiger partial charge >= 0.3 is 0 Å². The molecule has 1 aliphatic heterocycles. The van der Waals surface area contributed by atoms with Gasteiger partial charge in [0.1, 0.15) is 17.4 Å². The number of amides is 1. The van der Waals surface area contributed by atoms with E-state index in [4.69, 9.17) is 14.4 Å². The van der Waals surface area contributed by atoms with Crippen LogP contribution in [0.15, 0.2) is 52.0 Å². The second kappa shape index (κ2) is 11.8. The molecular weight excluding hydrogens is 477 g/mol. The summed E-state index contributed by atoms with van der Waals surface area (Å²) >= 11 is 1.49. The zero-order chi connectivity index (χ0) is 25.7. The molecule has 0 bridgehead atoms. The summed E-state index contributed by atoms with van der Waals surface area (Å²) in [6.45, 7) is 11.9. The number of benzene rings is 1. The highest BCUT2D eigenvalue weighted by molar-refractivity contribution is 7.98. The van der Waals surface area contributed by atoms with Crippen LogP contribution in [0, 0.1) is 11.7 Å². The standard InChI is InChI=1S/C27H34FN5O2S/c1-18(2)16-29-26(34)24-10-9-20(35-24)17-36-27-30-22(19(3)4)15-25(31-27)33-13-11-32(12-14-33)23-8-6-5-7-21(23)28/h5-10,15,18-19H,11-14,16-17H2,1-4H3,(H,29,34). The van der Waals surface area contributed by atoms with E-state index in [9.17, 15) is 9.18 Å². The fourth-order valence-electron chi connectivity index (χ4n) is 3.93. The fourth-order valence-corrected chi connectivity index (χ4v) is 4.69. The number of carbonyl (C=O) groups excluding carboxylic acids is 1. The number of hydrogen-bond acceptors (Lipinski definition) is 7. The first-order chi connectivity index (χ1) is 17.3. The molecule has 1 amide bonds.